The quantitative estimate of drug-likeness (QED) is 0.913. The van der Waals surface area contributed by atoms with Crippen LogP contribution in [0.3, 0.4) is 0 Å². The van der Waals surface area contributed by atoms with Gasteiger partial charge >= 0.3 is 0 Å². The highest BCUT2D eigenvalue weighted by molar-refractivity contribution is 7.14. The van der Waals surface area contributed by atoms with Crippen LogP contribution in [-0.4, -0.2) is 29.9 Å². The third kappa shape index (κ3) is 2.93. The highest BCUT2D eigenvalue weighted by Gasteiger charge is 2.26. The van der Waals surface area contributed by atoms with E-state index in [0.717, 1.165) is 37.2 Å². The molecule has 1 saturated heterocycles. The molecular formula is C14H22N2OS. The first kappa shape index (κ1) is 13.6. The van der Waals surface area contributed by atoms with E-state index in [-0.39, 0.29) is 11.9 Å². The van der Waals surface area contributed by atoms with E-state index in [1.807, 2.05) is 17.9 Å². The molecule has 1 aromatic heterocycles. The van der Waals surface area contributed by atoms with Crippen LogP contribution in [0.15, 0.2) is 12.1 Å². The molecule has 1 fully saturated rings. The molecule has 1 amide bonds. The van der Waals surface area contributed by atoms with Crippen molar-refractivity contribution in [1.82, 2.24) is 4.90 Å². The van der Waals surface area contributed by atoms with E-state index >= 15 is 0 Å². The van der Waals surface area contributed by atoms with E-state index in [0.29, 0.717) is 5.92 Å². The zero-order valence-electron chi connectivity index (χ0n) is 11.2. The predicted molar refractivity (Wildman–Crippen MR) is 76.0 cm³/mol. The van der Waals surface area contributed by atoms with Gasteiger partial charge in [-0.05, 0) is 44.2 Å². The Labute approximate surface area is 113 Å². The minimum Gasteiger partial charge on any atom is -0.338 e. The van der Waals surface area contributed by atoms with E-state index < -0.39 is 0 Å². The normalized spacial score (nSPS) is 21.9. The minimum atomic E-state index is 0.176. The Balaban J connectivity index is 2.04. The Morgan fingerprint density at radius 2 is 2.39 bits per heavy atom. The van der Waals surface area contributed by atoms with Crippen molar-refractivity contribution in [3.63, 3.8) is 0 Å². The maximum absolute atomic E-state index is 12.4. The van der Waals surface area contributed by atoms with Gasteiger partial charge in [-0.2, -0.15) is 0 Å². The molecule has 2 heterocycles. The monoisotopic (exact) mass is 266 g/mol. The summed E-state index contributed by atoms with van der Waals surface area (Å²) < 4.78 is 0. The zero-order chi connectivity index (χ0) is 13.1. The summed E-state index contributed by atoms with van der Waals surface area (Å²) in [6.45, 7) is 5.85. The van der Waals surface area contributed by atoms with Gasteiger partial charge in [0.2, 0.25) is 0 Å². The molecule has 2 rings (SSSR count). The predicted octanol–water partition coefficient (Wildman–Crippen LogP) is 2.51. The number of rotatable bonds is 3. The van der Waals surface area contributed by atoms with Crippen molar-refractivity contribution >= 4 is 17.2 Å². The van der Waals surface area contributed by atoms with E-state index in [1.54, 1.807) is 11.3 Å². The van der Waals surface area contributed by atoms with Crippen LogP contribution in [0.25, 0.3) is 0 Å². The summed E-state index contributed by atoms with van der Waals surface area (Å²) in [6.07, 6.45) is 3.22. The van der Waals surface area contributed by atoms with Crippen LogP contribution in [0, 0.1) is 5.92 Å². The van der Waals surface area contributed by atoms with Crippen molar-refractivity contribution in [1.29, 1.82) is 0 Å². The molecule has 0 bridgehead atoms. The first-order chi connectivity index (χ1) is 8.61. The molecule has 2 N–H and O–H groups in total. The van der Waals surface area contributed by atoms with E-state index in [4.69, 9.17) is 5.73 Å². The lowest BCUT2D eigenvalue weighted by atomic mass is 9.92. The summed E-state index contributed by atoms with van der Waals surface area (Å²) >= 11 is 1.62. The van der Waals surface area contributed by atoms with Gasteiger partial charge in [-0.15, -0.1) is 11.3 Å². The number of hydrogen-bond donors (Lipinski definition) is 1. The number of thiophene rings is 1. The van der Waals surface area contributed by atoms with Crippen molar-refractivity contribution in [2.45, 2.75) is 39.2 Å². The van der Waals surface area contributed by atoms with Crippen LogP contribution >= 0.6 is 11.3 Å². The third-order valence-corrected chi connectivity index (χ3v) is 4.93. The first-order valence-corrected chi connectivity index (χ1v) is 7.57. The van der Waals surface area contributed by atoms with Crippen molar-refractivity contribution < 1.29 is 4.79 Å². The molecule has 1 aliphatic heterocycles. The van der Waals surface area contributed by atoms with Crippen LogP contribution in [0.5, 0.6) is 0 Å². The van der Waals surface area contributed by atoms with Crippen molar-refractivity contribution in [3.8, 4) is 0 Å². The molecule has 0 radical (unpaired) electrons. The number of nitrogens with two attached hydrogens (primary N) is 1. The van der Waals surface area contributed by atoms with Gasteiger partial charge in [0.25, 0.3) is 5.91 Å². The number of likely N-dealkylation sites (tertiary alicyclic amines) is 1. The van der Waals surface area contributed by atoms with E-state index in [2.05, 4.69) is 13.0 Å². The highest BCUT2D eigenvalue weighted by Crippen LogP contribution is 2.23. The molecule has 0 spiro atoms. The second kappa shape index (κ2) is 5.85. The molecule has 0 unspecified atom stereocenters. The summed E-state index contributed by atoms with van der Waals surface area (Å²) in [5, 5.41) is 0. The Hall–Kier alpha value is -0.870. The van der Waals surface area contributed by atoms with Crippen LogP contribution in [-0.2, 0) is 6.42 Å². The largest absolute Gasteiger partial charge is 0.338 e. The van der Waals surface area contributed by atoms with Gasteiger partial charge in [-0.1, -0.05) is 6.92 Å². The third-order valence-electron chi connectivity index (χ3n) is 3.71. The van der Waals surface area contributed by atoms with Crippen LogP contribution in [0.4, 0.5) is 0 Å². The maximum atomic E-state index is 12.4. The second-order valence-corrected chi connectivity index (χ2v) is 6.30. The standard InChI is InChI=1S/C14H22N2OS/c1-3-12-6-7-13(18-12)14(17)16-8-4-5-11(9-16)10(2)15/h6-7,10-11H,3-5,8-9,15H2,1-2H3/t10-,11+/m0/s1. The SMILES string of the molecule is CCc1ccc(C(=O)N2CCC[C@@H]([C@H](C)N)C2)s1. The molecule has 0 saturated carbocycles. The molecule has 18 heavy (non-hydrogen) atoms. The minimum absolute atomic E-state index is 0.176. The Bertz CT molecular complexity index is 414. The van der Waals surface area contributed by atoms with E-state index in [9.17, 15) is 4.79 Å². The molecular weight excluding hydrogens is 244 g/mol. The molecule has 1 aliphatic rings. The van der Waals surface area contributed by atoms with Crippen LogP contribution in [0.2, 0.25) is 0 Å². The number of nitrogens with zero attached hydrogens (tertiary/aromatic N) is 1. The molecule has 0 aromatic carbocycles. The number of carbonyl (C=O) groups is 1. The number of amides is 1. The fraction of sp³-hybridized carbons (Fsp3) is 0.643. The zero-order valence-corrected chi connectivity index (χ0v) is 12.0. The van der Waals surface area contributed by atoms with Gasteiger partial charge in [0.1, 0.15) is 0 Å². The molecule has 1 aromatic rings. The van der Waals surface area contributed by atoms with Crippen LogP contribution in [0.1, 0.15) is 41.2 Å². The van der Waals surface area contributed by atoms with E-state index in [1.165, 1.54) is 4.88 Å². The van der Waals surface area contributed by atoms with Gasteiger partial charge in [-0.25, -0.2) is 0 Å². The molecule has 0 aliphatic carbocycles. The summed E-state index contributed by atoms with van der Waals surface area (Å²) in [4.78, 5) is 16.5. The Kier molecular flexibility index (Phi) is 4.40. The average Bonchev–Trinajstić information content (AvgIpc) is 2.86. The molecule has 4 heteroatoms. The first-order valence-electron chi connectivity index (χ1n) is 6.75. The number of carbonyl (C=O) groups excluding carboxylic acids is 1. The smallest absolute Gasteiger partial charge is 0.263 e. The summed E-state index contributed by atoms with van der Waals surface area (Å²) in [5.74, 6) is 0.637. The summed E-state index contributed by atoms with van der Waals surface area (Å²) in [7, 11) is 0. The lowest BCUT2D eigenvalue weighted by Crippen LogP contribution is -2.44. The van der Waals surface area contributed by atoms with Gasteiger partial charge in [-0.3, -0.25) is 4.79 Å². The summed E-state index contributed by atoms with van der Waals surface area (Å²) in [6, 6.07) is 4.20. The fourth-order valence-electron chi connectivity index (χ4n) is 2.46. The van der Waals surface area contributed by atoms with Gasteiger partial charge in [0, 0.05) is 24.0 Å². The van der Waals surface area contributed by atoms with Crippen LogP contribution < -0.4 is 5.73 Å². The molecule has 3 nitrogen and oxygen atoms in total. The Morgan fingerprint density at radius 3 is 3.00 bits per heavy atom. The topological polar surface area (TPSA) is 46.3 Å². The van der Waals surface area contributed by atoms with Gasteiger partial charge in [0.15, 0.2) is 0 Å². The summed E-state index contributed by atoms with van der Waals surface area (Å²) in [5.41, 5.74) is 5.96. The lowest BCUT2D eigenvalue weighted by Gasteiger charge is -2.34. The van der Waals surface area contributed by atoms with Crippen molar-refractivity contribution in [2.24, 2.45) is 11.7 Å². The molecule has 2 atom stereocenters. The van der Waals surface area contributed by atoms with Crippen molar-refractivity contribution in [3.05, 3.63) is 21.9 Å². The lowest BCUT2D eigenvalue weighted by molar-refractivity contribution is 0.0666. The van der Waals surface area contributed by atoms with Crippen molar-refractivity contribution in [2.75, 3.05) is 13.1 Å². The van der Waals surface area contributed by atoms with Gasteiger partial charge in [0.05, 0.1) is 4.88 Å². The second-order valence-electron chi connectivity index (χ2n) is 5.13. The average molecular weight is 266 g/mol. The maximum Gasteiger partial charge on any atom is 0.263 e. The highest BCUT2D eigenvalue weighted by atomic mass is 32.1. The number of hydrogen-bond acceptors (Lipinski definition) is 3. The van der Waals surface area contributed by atoms with Gasteiger partial charge < -0.3 is 10.6 Å². The molecule has 100 valence electrons. The number of aryl methyl sites for hydroxylation is 1. The fourth-order valence-corrected chi connectivity index (χ4v) is 3.38. The number of piperidine rings is 1. The Morgan fingerprint density at radius 1 is 1.61 bits per heavy atom.